The first-order chi connectivity index (χ1) is 20.9. The SMILES string of the molecule is CCCCCCCCCCCCOc1ccc(C(=O)Oc2ccc(-c3ccc(C(=O)OCC(C)CC)cc3)cc2)cc1F. The van der Waals surface area contributed by atoms with Gasteiger partial charge in [0.1, 0.15) is 5.75 Å². The molecule has 0 aliphatic rings. The second-order valence-electron chi connectivity index (χ2n) is 11.3. The highest BCUT2D eigenvalue weighted by molar-refractivity contribution is 5.91. The molecule has 3 rings (SSSR count). The van der Waals surface area contributed by atoms with E-state index in [4.69, 9.17) is 14.2 Å². The summed E-state index contributed by atoms with van der Waals surface area (Å²) in [4.78, 5) is 24.9. The van der Waals surface area contributed by atoms with Crippen molar-refractivity contribution >= 4 is 11.9 Å². The van der Waals surface area contributed by atoms with E-state index in [0.717, 1.165) is 36.5 Å². The van der Waals surface area contributed by atoms with Gasteiger partial charge in [0.2, 0.25) is 0 Å². The lowest BCUT2D eigenvalue weighted by molar-refractivity contribution is 0.0447. The number of hydrogen-bond donors (Lipinski definition) is 0. The van der Waals surface area contributed by atoms with Crippen molar-refractivity contribution in [2.75, 3.05) is 13.2 Å². The highest BCUT2D eigenvalue weighted by Crippen LogP contribution is 2.25. The van der Waals surface area contributed by atoms with Gasteiger partial charge in [-0.05, 0) is 65.9 Å². The van der Waals surface area contributed by atoms with Crippen LogP contribution in [0, 0.1) is 11.7 Å². The molecule has 0 aliphatic heterocycles. The summed E-state index contributed by atoms with van der Waals surface area (Å²) in [5.41, 5.74) is 2.42. The molecule has 3 aromatic carbocycles. The summed E-state index contributed by atoms with van der Waals surface area (Å²) in [6.45, 7) is 7.20. The maximum absolute atomic E-state index is 14.6. The normalized spacial score (nSPS) is 11.6. The lowest BCUT2D eigenvalue weighted by atomic mass is 10.0. The zero-order valence-corrected chi connectivity index (χ0v) is 26.0. The summed E-state index contributed by atoms with van der Waals surface area (Å²) in [6.07, 6.45) is 13.2. The molecule has 0 saturated heterocycles. The maximum Gasteiger partial charge on any atom is 0.343 e. The third-order valence-corrected chi connectivity index (χ3v) is 7.64. The van der Waals surface area contributed by atoms with Crippen molar-refractivity contribution < 1.29 is 28.2 Å². The van der Waals surface area contributed by atoms with Crippen LogP contribution in [-0.4, -0.2) is 25.2 Å². The highest BCUT2D eigenvalue weighted by Gasteiger charge is 2.14. The second kappa shape index (κ2) is 18.8. The first-order valence-corrected chi connectivity index (χ1v) is 15.9. The van der Waals surface area contributed by atoms with E-state index < -0.39 is 11.8 Å². The number of hydrogen-bond acceptors (Lipinski definition) is 5. The van der Waals surface area contributed by atoms with Crippen LogP contribution in [-0.2, 0) is 4.74 Å². The molecule has 0 radical (unpaired) electrons. The third-order valence-electron chi connectivity index (χ3n) is 7.64. The van der Waals surface area contributed by atoms with Gasteiger partial charge in [-0.25, -0.2) is 14.0 Å². The zero-order chi connectivity index (χ0) is 30.9. The van der Waals surface area contributed by atoms with Gasteiger partial charge in [-0.1, -0.05) is 109 Å². The van der Waals surface area contributed by atoms with Crippen molar-refractivity contribution in [3.63, 3.8) is 0 Å². The molecule has 0 amide bonds. The monoisotopic (exact) mass is 590 g/mol. The molecule has 1 unspecified atom stereocenters. The minimum atomic E-state index is -0.645. The third kappa shape index (κ3) is 11.9. The van der Waals surface area contributed by atoms with E-state index in [0.29, 0.717) is 30.4 Å². The molecular formula is C37H47FO5. The molecule has 232 valence electrons. The quantitative estimate of drug-likeness (QED) is 0.0790. The molecule has 3 aromatic rings. The Bertz CT molecular complexity index is 1250. The minimum absolute atomic E-state index is 0.115. The van der Waals surface area contributed by atoms with Crippen LogP contribution in [0.25, 0.3) is 11.1 Å². The van der Waals surface area contributed by atoms with Gasteiger partial charge < -0.3 is 14.2 Å². The summed E-state index contributed by atoms with van der Waals surface area (Å²) in [5.74, 6) is -0.740. The molecule has 43 heavy (non-hydrogen) atoms. The Morgan fingerprint density at radius 2 is 1.26 bits per heavy atom. The summed E-state index contributed by atoms with van der Waals surface area (Å²) in [5, 5.41) is 0. The molecule has 0 spiro atoms. The second-order valence-corrected chi connectivity index (χ2v) is 11.3. The number of carbonyl (C=O) groups excluding carboxylic acids is 2. The Hall–Kier alpha value is -3.67. The van der Waals surface area contributed by atoms with Crippen LogP contribution in [0.5, 0.6) is 11.5 Å². The fraction of sp³-hybridized carbons (Fsp3) is 0.459. The summed E-state index contributed by atoms with van der Waals surface area (Å²) in [7, 11) is 0. The minimum Gasteiger partial charge on any atom is -0.491 e. The van der Waals surface area contributed by atoms with Crippen LogP contribution in [0.4, 0.5) is 4.39 Å². The molecule has 0 bridgehead atoms. The van der Waals surface area contributed by atoms with Gasteiger partial charge in [0, 0.05) is 0 Å². The van der Waals surface area contributed by atoms with Crippen LogP contribution in [0.2, 0.25) is 0 Å². The van der Waals surface area contributed by atoms with E-state index in [2.05, 4.69) is 13.8 Å². The van der Waals surface area contributed by atoms with E-state index in [1.165, 1.54) is 63.5 Å². The van der Waals surface area contributed by atoms with Crippen LogP contribution in [0.3, 0.4) is 0 Å². The molecular weight excluding hydrogens is 543 g/mol. The Labute approximate surface area is 256 Å². The van der Waals surface area contributed by atoms with Gasteiger partial charge in [-0.2, -0.15) is 0 Å². The van der Waals surface area contributed by atoms with Gasteiger partial charge in [0.25, 0.3) is 0 Å². The van der Waals surface area contributed by atoms with Crippen LogP contribution < -0.4 is 9.47 Å². The number of ether oxygens (including phenoxy) is 3. The van der Waals surface area contributed by atoms with Gasteiger partial charge in [0.05, 0.1) is 24.3 Å². The van der Waals surface area contributed by atoms with Crippen LogP contribution in [0.1, 0.15) is 112 Å². The highest BCUT2D eigenvalue weighted by atomic mass is 19.1. The van der Waals surface area contributed by atoms with Crippen molar-refractivity contribution in [1.29, 1.82) is 0 Å². The van der Waals surface area contributed by atoms with Crippen LogP contribution >= 0.6 is 0 Å². The molecule has 0 aliphatic carbocycles. The zero-order valence-electron chi connectivity index (χ0n) is 26.0. The number of esters is 2. The van der Waals surface area contributed by atoms with Crippen molar-refractivity contribution in [2.45, 2.75) is 91.4 Å². The van der Waals surface area contributed by atoms with Crippen molar-refractivity contribution in [2.24, 2.45) is 5.92 Å². The number of unbranched alkanes of at least 4 members (excludes halogenated alkanes) is 9. The standard InChI is InChI=1S/C37H47FO5/c1-4-6-7-8-9-10-11-12-13-14-25-41-35-24-21-32(26-34(35)38)37(40)43-33-22-19-30(20-23-33)29-15-17-31(18-16-29)36(39)42-27-28(3)5-2/h15-24,26,28H,4-14,25,27H2,1-3H3. The Kier molecular flexibility index (Phi) is 14.8. The molecule has 0 saturated carbocycles. The molecule has 6 heteroatoms. The molecule has 0 fully saturated rings. The van der Waals surface area contributed by atoms with Gasteiger partial charge in [-0.3, -0.25) is 0 Å². The Balaban J connectivity index is 1.41. The first-order valence-electron chi connectivity index (χ1n) is 15.9. The first kappa shape index (κ1) is 33.8. The number of rotatable bonds is 19. The lowest BCUT2D eigenvalue weighted by Gasteiger charge is -2.10. The maximum atomic E-state index is 14.6. The smallest absolute Gasteiger partial charge is 0.343 e. The predicted octanol–water partition coefficient (Wildman–Crippen LogP) is 10.2. The molecule has 5 nitrogen and oxygen atoms in total. The van der Waals surface area contributed by atoms with Crippen LogP contribution in [0.15, 0.2) is 66.7 Å². The summed E-state index contributed by atoms with van der Waals surface area (Å²) < 4.78 is 31.0. The number of halogens is 1. The Morgan fingerprint density at radius 1 is 0.698 bits per heavy atom. The van der Waals surface area contributed by atoms with E-state index in [1.807, 2.05) is 31.2 Å². The molecule has 1 atom stereocenters. The van der Waals surface area contributed by atoms with Gasteiger partial charge in [-0.15, -0.1) is 0 Å². The van der Waals surface area contributed by atoms with E-state index in [1.54, 1.807) is 24.3 Å². The number of carbonyl (C=O) groups is 2. The van der Waals surface area contributed by atoms with Gasteiger partial charge in [0.15, 0.2) is 11.6 Å². The average molecular weight is 591 g/mol. The fourth-order valence-corrected chi connectivity index (χ4v) is 4.62. The molecule has 0 aromatic heterocycles. The van der Waals surface area contributed by atoms with Gasteiger partial charge >= 0.3 is 11.9 Å². The molecule has 0 heterocycles. The van der Waals surface area contributed by atoms with E-state index in [-0.39, 0.29) is 17.3 Å². The van der Waals surface area contributed by atoms with Crippen molar-refractivity contribution in [3.05, 3.63) is 83.7 Å². The summed E-state index contributed by atoms with van der Waals surface area (Å²) >= 11 is 0. The predicted molar refractivity (Wildman–Crippen MR) is 170 cm³/mol. The van der Waals surface area contributed by atoms with E-state index >= 15 is 0 Å². The van der Waals surface area contributed by atoms with E-state index in [9.17, 15) is 14.0 Å². The summed E-state index contributed by atoms with van der Waals surface area (Å²) in [6, 6.07) is 18.3. The average Bonchev–Trinajstić information content (AvgIpc) is 3.03. The fourth-order valence-electron chi connectivity index (χ4n) is 4.62. The lowest BCUT2D eigenvalue weighted by Crippen LogP contribution is -2.11. The Morgan fingerprint density at radius 3 is 1.84 bits per heavy atom. The topological polar surface area (TPSA) is 61.8 Å². The molecule has 0 N–H and O–H groups in total. The van der Waals surface area contributed by atoms with Crippen molar-refractivity contribution in [1.82, 2.24) is 0 Å². The van der Waals surface area contributed by atoms with Crippen molar-refractivity contribution in [3.8, 4) is 22.6 Å². The number of benzene rings is 3. The largest absolute Gasteiger partial charge is 0.491 e.